The molecule has 1 aliphatic rings. The van der Waals surface area contributed by atoms with Crippen molar-refractivity contribution in [2.45, 2.75) is 13.3 Å². The van der Waals surface area contributed by atoms with Crippen molar-refractivity contribution in [3.63, 3.8) is 0 Å². The van der Waals surface area contributed by atoms with Crippen molar-refractivity contribution in [2.24, 2.45) is 0 Å². The molecule has 1 N–H and O–H groups in total. The van der Waals surface area contributed by atoms with Crippen LogP contribution in [-0.4, -0.2) is 47.1 Å². The first-order chi connectivity index (χ1) is 15.5. The van der Waals surface area contributed by atoms with Gasteiger partial charge in [0.1, 0.15) is 34.0 Å². The van der Waals surface area contributed by atoms with Gasteiger partial charge in [-0.05, 0) is 25.1 Å². The minimum Gasteiger partial charge on any atom is -0.506 e. The molecule has 2 aromatic heterocycles. The Morgan fingerprint density at radius 2 is 1.81 bits per heavy atom. The Labute approximate surface area is 189 Å². The van der Waals surface area contributed by atoms with Crippen molar-refractivity contribution in [3.05, 3.63) is 54.0 Å². The molecule has 0 bridgehead atoms. The van der Waals surface area contributed by atoms with E-state index in [1.807, 2.05) is 18.2 Å². The van der Waals surface area contributed by atoms with E-state index in [1.54, 1.807) is 18.4 Å². The van der Waals surface area contributed by atoms with Crippen LogP contribution in [0.3, 0.4) is 0 Å². The number of phenolic OH excluding ortho intramolecular Hbond substituents is 1. The van der Waals surface area contributed by atoms with Crippen LogP contribution in [0.5, 0.6) is 17.2 Å². The lowest BCUT2D eigenvalue weighted by molar-refractivity contribution is 0.0684. The van der Waals surface area contributed by atoms with Gasteiger partial charge in [-0.15, -0.1) is 0 Å². The van der Waals surface area contributed by atoms with Gasteiger partial charge in [0.05, 0.1) is 41.5 Å². The van der Waals surface area contributed by atoms with Gasteiger partial charge in [-0.25, -0.2) is 0 Å². The Balaban J connectivity index is 1.59. The minimum absolute atomic E-state index is 0.0982. The van der Waals surface area contributed by atoms with Crippen molar-refractivity contribution in [2.75, 3.05) is 26.3 Å². The van der Waals surface area contributed by atoms with E-state index in [0.717, 1.165) is 29.0 Å². The summed E-state index contributed by atoms with van der Waals surface area (Å²) in [5.74, 6) is 0.262. The summed E-state index contributed by atoms with van der Waals surface area (Å²) in [6.45, 7) is 4.19. The number of ether oxygens (including phenoxy) is 2. The third-order valence-corrected chi connectivity index (χ3v) is 6.04. The standard InChI is InChI=1S/C24H21NO6S/c1-14(26)22-20(13-19-16(23(22)27)4-8-30-19)31-24-15(2-3-18-17(24)5-9-29-18)12-21(32)25-6-10-28-11-7-25/h2-5,8-9,13,27H,6-7,10-12H2,1H3. The average Bonchev–Trinajstić information content (AvgIpc) is 3.45. The predicted octanol–water partition coefficient (Wildman–Crippen LogP) is 5.08. The number of thiocarbonyl (C=S) groups is 1. The number of hydrogen-bond donors (Lipinski definition) is 1. The van der Waals surface area contributed by atoms with Gasteiger partial charge < -0.3 is 28.3 Å². The van der Waals surface area contributed by atoms with Crippen LogP contribution in [0.15, 0.2) is 51.7 Å². The van der Waals surface area contributed by atoms with Gasteiger partial charge in [-0.1, -0.05) is 18.3 Å². The summed E-state index contributed by atoms with van der Waals surface area (Å²) in [5.41, 5.74) is 2.02. The quantitative estimate of drug-likeness (QED) is 0.332. The number of Topliss-reactive ketones (excluding diaryl/α,β-unsaturated/α-hetero) is 1. The smallest absolute Gasteiger partial charge is 0.167 e. The lowest BCUT2D eigenvalue weighted by Crippen LogP contribution is -2.40. The monoisotopic (exact) mass is 451 g/mol. The topological polar surface area (TPSA) is 85.3 Å². The SMILES string of the molecule is CC(=O)c1c(Oc2c(CC(=S)N3CCOCC3)ccc3occc23)cc2occc2c1O. The highest BCUT2D eigenvalue weighted by atomic mass is 32.1. The fourth-order valence-electron chi connectivity index (χ4n) is 4.01. The van der Waals surface area contributed by atoms with Crippen LogP contribution in [0.2, 0.25) is 0 Å². The highest BCUT2D eigenvalue weighted by Gasteiger charge is 2.23. The maximum absolute atomic E-state index is 12.4. The molecule has 0 atom stereocenters. The van der Waals surface area contributed by atoms with Crippen LogP contribution in [-0.2, 0) is 11.2 Å². The molecule has 0 aliphatic carbocycles. The fourth-order valence-corrected chi connectivity index (χ4v) is 4.35. The molecule has 5 rings (SSSR count). The van der Waals surface area contributed by atoms with Gasteiger partial charge in [0.2, 0.25) is 0 Å². The number of ketones is 1. The van der Waals surface area contributed by atoms with Gasteiger partial charge >= 0.3 is 0 Å². The summed E-state index contributed by atoms with van der Waals surface area (Å²) in [6, 6.07) is 8.83. The van der Waals surface area contributed by atoms with Crippen molar-refractivity contribution < 1.29 is 28.2 Å². The van der Waals surface area contributed by atoms with E-state index in [9.17, 15) is 9.90 Å². The maximum atomic E-state index is 12.4. The highest BCUT2D eigenvalue weighted by Crippen LogP contribution is 2.42. The Morgan fingerprint density at radius 3 is 2.56 bits per heavy atom. The maximum Gasteiger partial charge on any atom is 0.167 e. The fraction of sp³-hybridized carbons (Fsp3) is 0.250. The number of furan rings is 2. The molecule has 0 amide bonds. The van der Waals surface area contributed by atoms with E-state index in [2.05, 4.69) is 4.90 Å². The van der Waals surface area contributed by atoms with Crippen molar-refractivity contribution in [1.29, 1.82) is 0 Å². The lowest BCUT2D eigenvalue weighted by Gasteiger charge is -2.29. The predicted molar refractivity (Wildman–Crippen MR) is 123 cm³/mol. The zero-order valence-corrected chi connectivity index (χ0v) is 18.2. The van der Waals surface area contributed by atoms with Crippen LogP contribution >= 0.6 is 12.2 Å². The molecule has 0 unspecified atom stereocenters. The molecule has 2 aromatic carbocycles. The zero-order chi connectivity index (χ0) is 22.2. The molecular formula is C24H21NO6S. The normalized spacial score (nSPS) is 14.2. The molecule has 32 heavy (non-hydrogen) atoms. The molecule has 1 fully saturated rings. The number of morpholine rings is 1. The first-order valence-corrected chi connectivity index (χ1v) is 10.7. The summed E-state index contributed by atoms with van der Waals surface area (Å²) in [5, 5.41) is 11.9. The zero-order valence-electron chi connectivity index (χ0n) is 17.4. The highest BCUT2D eigenvalue weighted by molar-refractivity contribution is 7.80. The molecule has 0 saturated carbocycles. The number of aromatic hydroxyl groups is 1. The Bertz CT molecular complexity index is 1330. The first-order valence-electron chi connectivity index (χ1n) is 10.3. The van der Waals surface area contributed by atoms with Gasteiger partial charge in [0.15, 0.2) is 5.78 Å². The molecule has 0 radical (unpaired) electrons. The number of fused-ring (bicyclic) bond motifs is 2. The van der Waals surface area contributed by atoms with Crippen LogP contribution in [0.1, 0.15) is 22.8 Å². The summed E-state index contributed by atoms with van der Waals surface area (Å²) in [4.78, 5) is 15.3. The first kappa shape index (κ1) is 20.5. The number of rotatable bonds is 5. The number of carbonyl (C=O) groups is 1. The number of hydrogen-bond acceptors (Lipinski definition) is 7. The second-order valence-electron chi connectivity index (χ2n) is 7.65. The van der Waals surface area contributed by atoms with Gasteiger partial charge in [0.25, 0.3) is 0 Å². The average molecular weight is 452 g/mol. The van der Waals surface area contributed by atoms with Crippen molar-refractivity contribution in [1.82, 2.24) is 4.90 Å². The molecule has 7 nitrogen and oxygen atoms in total. The molecule has 3 heterocycles. The Hall–Kier alpha value is -3.36. The van der Waals surface area contributed by atoms with Crippen LogP contribution in [0.4, 0.5) is 0 Å². The Kier molecular flexibility index (Phi) is 5.32. The van der Waals surface area contributed by atoms with Gasteiger partial charge in [0, 0.05) is 31.1 Å². The Morgan fingerprint density at radius 1 is 1.09 bits per heavy atom. The molecule has 1 aliphatic heterocycles. The molecule has 4 aromatic rings. The van der Waals surface area contributed by atoms with E-state index in [1.165, 1.54) is 13.2 Å². The largest absolute Gasteiger partial charge is 0.506 e. The third-order valence-electron chi connectivity index (χ3n) is 5.63. The van der Waals surface area contributed by atoms with Crippen molar-refractivity contribution in [3.8, 4) is 17.2 Å². The number of nitrogens with zero attached hydrogens (tertiary/aromatic N) is 1. The lowest BCUT2D eigenvalue weighted by atomic mass is 10.0. The molecule has 164 valence electrons. The van der Waals surface area contributed by atoms with E-state index >= 15 is 0 Å². The summed E-state index contributed by atoms with van der Waals surface area (Å²) in [6.07, 6.45) is 3.53. The molecule has 1 saturated heterocycles. The van der Waals surface area contributed by atoms with E-state index < -0.39 is 0 Å². The van der Waals surface area contributed by atoms with Crippen LogP contribution < -0.4 is 4.74 Å². The summed E-state index contributed by atoms with van der Waals surface area (Å²) in [7, 11) is 0. The van der Waals surface area contributed by atoms with Gasteiger partial charge in [-0.2, -0.15) is 0 Å². The van der Waals surface area contributed by atoms with E-state index in [0.29, 0.717) is 41.9 Å². The molecular weight excluding hydrogens is 430 g/mol. The third kappa shape index (κ3) is 3.61. The second kappa shape index (κ2) is 8.29. The number of carbonyl (C=O) groups excluding carboxylic acids is 1. The summed E-state index contributed by atoms with van der Waals surface area (Å²) < 4.78 is 22.7. The summed E-state index contributed by atoms with van der Waals surface area (Å²) >= 11 is 5.70. The molecule has 0 spiro atoms. The van der Waals surface area contributed by atoms with Crippen LogP contribution in [0.25, 0.3) is 21.9 Å². The minimum atomic E-state index is -0.314. The van der Waals surface area contributed by atoms with Gasteiger partial charge in [-0.3, -0.25) is 4.79 Å². The number of benzene rings is 2. The molecule has 8 heteroatoms. The van der Waals surface area contributed by atoms with Crippen LogP contribution in [0, 0.1) is 0 Å². The van der Waals surface area contributed by atoms with E-state index in [4.69, 9.17) is 30.5 Å². The number of phenols is 1. The second-order valence-corrected chi connectivity index (χ2v) is 8.12. The van der Waals surface area contributed by atoms with Crippen molar-refractivity contribution >= 4 is 44.9 Å². The van der Waals surface area contributed by atoms with E-state index in [-0.39, 0.29) is 22.8 Å².